The number of carbonyl (C=O) groups is 1. The molecule has 0 N–H and O–H groups in total. The van der Waals surface area contributed by atoms with Gasteiger partial charge in [0.05, 0.1) is 0 Å². The number of hydrogen-bond acceptors (Lipinski definition) is 3. The van der Waals surface area contributed by atoms with E-state index >= 15 is 0 Å². The highest BCUT2D eigenvalue weighted by Gasteiger charge is 2.24. The number of halogens is 1. The lowest BCUT2D eigenvalue weighted by Gasteiger charge is -2.33. The Hall–Kier alpha value is -2.50. The van der Waals surface area contributed by atoms with Crippen molar-refractivity contribution in [1.29, 1.82) is 0 Å². The van der Waals surface area contributed by atoms with E-state index in [1.807, 2.05) is 11.8 Å². The van der Waals surface area contributed by atoms with Crippen LogP contribution in [0.1, 0.15) is 31.9 Å². The predicted molar refractivity (Wildman–Crippen MR) is 93.7 cm³/mol. The van der Waals surface area contributed by atoms with Crippen LogP contribution in [0.15, 0.2) is 35.1 Å². The third-order valence-electron chi connectivity index (χ3n) is 4.66. The molecule has 2 aromatic rings. The Bertz CT molecular complexity index is 830. The first-order valence-corrected chi connectivity index (χ1v) is 8.59. The standard InChI is InChI=1S/C19H22FN3O2/c1-13-11-17(24)23(12-18(25)22-10-4-3-5-14(22)2)19(21-13)15-6-8-16(20)9-7-15/h6-9,11,14H,3-5,10,12H2,1-2H3/t14-/m1/s1. The average Bonchev–Trinajstić information content (AvgIpc) is 2.58. The molecule has 3 rings (SSSR count). The Labute approximate surface area is 146 Å². The van der Waals surface area contributed by atoms with E-state index in [1.54, 1.807) is 19.1 Å². The zero-order valence-electron chi connectivity index (χ0n) is 14.5. The SMILES string of the molecule is Cc1cc(=O)n(CC(=O)N2CCCC[C@H]2C)c(-c2ccc(F)cc2)n1. The zero-order valence-corrected chi connectivity index (χ0v) is 14.5. The monoisotopic (exact) mass is 343 g/mol. The van der Waals surface area contributed by atoms with Gasteiger partial charge in [-0.05, 0) is 57.4 Å². The Balaban J connectivity index is 1.96. The first kappa shape index (κ1) is 17.3. The second-order valence-corrected chi connectivity index (χ2v) is 6.58. The highest BCUT2D eigenvalue weighted by molar-refractivity contribution is 5.77. The Morgan fingerprint density at radius 2 is 2.00 bits per heavy atom. The molecule has 2 heterocycles. The molecule has 1 aromatic heterocycles. The van der Waals surface area contributed by atoms with Gasteiger partial charge in [-0.25, -0.2) is 9.37 Å². The second kappa shape index (κ2) is 7.17. The number of nitrogens with zero attached hydrogens (tertiary/aromatic N) is 3. The smallest absolute Gasteiger partial charge is 0.254 e. The van der Waals surface area contributed by atoms with Crippen molar-refractivity contribution in [3.8, 4) is 11.4 Å². The van der Waals surface area contributed by atoms with Crippen LogP contribution in [0.2, 0.25) is 0 Å². The lowest BCUT2D eigenvalue weighted by atomic mass is 10.0. The van der Waals surface area contributed by atoms with Crippen molar-refractivity contribution in [3.05, 3.63) is 52.2 Å². The van der Waals surface area contributed by atoms with Gasteiger partial charge < -0.3 is 4.90 Å². The summed E-state index contributed by atoms with van der Waals surface area (Å²) >= 11 is 0. The van der Waals surface area contributed by atoms with Gasteiger partial charge in [-0.3, -0.25) is 14.2 Å². The van der Waals surface area contributed by atoms with E-state index in [2.05, 4.69) is 4.98 Å². The van der Waals surface area contributed by atoms with Crippen LogP contribution in [0.3, 0.4) is 0 Å². The summed E-state index contributed by atoms with van der Waals surface area (Å²) in [6, 6.07) is 7.39. The molecule has 0 saturated carbocycles. The molecule has 6 heteroatoms. The highest BCUT2D eigenvalue weighted by atomic mass is 19.1. The molecule has 0 bridgehead atoms. The summed E-state index contributed by atoms with van der Waals surface area (Å²) in [5.41, 5.74) is 0.908. The van der Waals surface area contributed by atoms with Crippen LogP contribution >= 0.6 is 0 Å². The fraction of sp³-hybridized carbons (Fsp3) is 0.421. The molecule has 1 aromatic carbocycles. The van der Waals surface area contributed by atoms with Crippen LogP contribution in [0, 0.1) is 12.7 Å². The van der Waals surface area contributed by atoms with E-state index in [9.17, 15) is 14.0 Å². The van der Waals surface area contributed by atoms with Gasteiger partial charge in [0.25, 0.3) is 5.56 Å². The minimum absolute atomic E-state index is 0.0524. The molecule has 1 atom stereocenters. The first-order chi connectivity index (χ1) is 12.0. The molecule has 25 heavy (non-hydrogen) atoms. The van der Waals surface area contributed by atoms with E-state index in [-0.39, 0.29) is 29.9 Å². The summed E-state index contributed by atoms with van der Waals surface area (Å²) in [5, 5.41) is 0. The number of amides is 1. The van der Waals surface area contributed by atoms with Gasteiger partial charge >= 0.3 is 0 Å². The van der Waals surface area contributed by atoms with Gasteiger partial charge in [0.15, 0.2) is 0 Å². The zero-order chi connectivity index (χ0) is 18.0. The van der Waals surface area contributed by atoms with Crippen LogP contribution in [-0.4, -0.2) is 32.9 Å². The average molecular weight is 343 g/mol. The van der Waals surface area contributed by atoms with Crippen LogP contribution in [0.25, 0.3) is 11.4 Å². The van der Waals surface area contributed by atoms with Crippen LogP contribution < -0.4 is 5.56 Å². The molecular formula is C19H22FN3O2. The summed E-state index contributed by atoms with van der Waals surface area (Å²) in [6.45, 7) is 4.44. The topological polar surface area (TPSA) is 55.2 Å². The van der Waals surface area contributed by atoms with Crippen molar-refractivity contribution in [2.75, 3.05) is 6.54 Å². The molecule has 0 radical (unpaired) electrons. The Kier molecular flexibility index (Phi) is 4.97. The van der Waals surface area contributed by atoms with E-state index in [4.69, 9.17) is 0 Å². The van der Waals surface area contributed by atoms with Crippen molar-refractivity contribution in [2.45, 2.75) is 45.7 Å². The van der Waals surface area contributed by atoms with Crippen molar-refractivity contribution in [3.63, 3.8) is 0 Å². The normalized spacial score (nSPS) is 17.6. The lowest BCUT2D eigenvalue weighted by molar-refractivity contribution is -0.135. The molecule has 0 unspecified atom stereocenters. The number of benzene rings is 1. The maximum atomic E-state index is 13.2. The minimum atomic E-state index is -0.358. The number of carbonyl (C=O) groups excluding carboxylic acids is 1. The maximum Gasteiger partial charge on any atom is 0.254 e. The first-order valence-electron chi connectivity index (χ1n) is 8.59. The van der Waals surface area contributed by atoms with Gasteiger partial charge in [-0.15, -0.1) is 0 Å². The van der Waals surface area contributed by atoms with Crippen LogP contribution in [0.4, 0.5) is 4.39 Å². The molecule has 1 saturated heterocycles. The molecule has 0 aliphatic carbocycles. The second-order valence-electron chi connectivity index (χ2n) is 6.58. The molecule has 1 amide bonds. The number of piperidine rings is 1. The summed E-state index contributed by atoms with van der Waals surface area (Å²) < 4.78 is 14.6. The van der Waals surface area contributed by atoms with Gasteiger partial charge in [-0.1, -0.05) is 0 Å². The fourth-order valence-corrected chi connectivity index (χ4v) is 3.29. The van der Waals surface area contributed by atoms with Crippen molar-refractivity contribution < 1.29 is 9.18 Å². The van der Waals surface area contributed by atoms with Crippen molar-refractivity contribution >= 4 is 5.91 Å². The summed E-state index contributed by atoms with van der Waals surface area (Å²) in [4.78, 5) is 31.5. The van der Waals surface area contributed by atoms with Gasteiger partial charge in [0.1, 0.15) is 18.2 Å². The van der Waals surface area contributed by atoms with Crippen molar-refractivity contribution in [1.82, 2.24) is 14.5 Å². The maximum absolute atomic E-state index is 13.2. The quantitative estimate of drug-likeness (QED) is 0.861. The predicted octanol–water partition coefficient (Wildman–Crippen LogP) is 2.76. The fourth-order valence-electron chi connectivity index (χ4n) is 3.29. The molecular weight excluding hydrogens is 321 g/mol. The number of aromatic nitrogens is 2. The molecule has 0 spiro atoms. The number of aryl methyl sites for hydroxylation is 1. The molecule has 132 valence electrons. The van der Waals surface area contributed by atoms with Gasteiger partial charge in [0.2, 0.25) is 5.91 Å². The van der Waals surface area contributed by atoms with Gasteiger partial charge in [-0.2, -0.15) is 0 Å². The number of hydrogen-bond donors (Lipinski definition) is 0. The Morgan fingerprint density at radius 3 is 2.68 bits per heavy atom. The van der Waals surface area contributed by atoms with Crippen LogP contribution in [0.5, 0.6) is 0 Å². The number of likely N-dealkylation sites (tertiary alicyclic amines) is 1. The molecule has 1 aliphatic heterocycles. The van der Waals surface area contributed by atoms with Crippen molar-refractivity contribution in [2.24, 2.45) is 0 Å². The van der Waals surface area contributed by atoms with E-state index in [0.717, 1.165) is 25.8 Å². The minimum Gasteiger partial charge on any atom is -0.338 e. The molecule has 1 fully saturated rings. The largest absolute Gasteiger partial charge is 0.338 e. The highest BCUT2D eigenvalue weighted by Crippen LogP contribution is 2.19. The van der Waals surface area contributed by atoms with E-state index in [1.165, 1.54) is 22.8 Å². The number of rotatable bonds is 3. The third-order valence-corrected chi connectivity index (χ3v) is 4.66. The lowest BCUT2D eigenvalue weighted by Crippen LogP contribution is -2.44. The summed E-state index contributed by atoms with van der Waals surface area (Å²) in [7, 11) is 0. The third kappa shape index (κ3) is 3.78. The van der Waals surface area contributed by atoms with E-state index in [0.29, 0.717) is 17.1 Å². The molecule has 5 nitrogen and oxygen atoms in total. The molecule has 1 aliphatic rings. The van der Waals surface area contributed by atoms with E-state index < -0.39 is 0 Å². The van der Waals surface area contributed by atoms with Crippen LogP contribution in [-0.2, 0) is 11.3 Å². The van der Waals surface area contributed by atoms with Gasteiger partial charge in [0, 0.05) is 29.9 Å². The summed E-state index contributed by atoms with van der Waals surface area (Å²) in [6.07, 6.45) is 3.09. The Morgan fingerprint density at radius 1 is 1.28 bits per heavy atom. The summed E-state index contributed by atoms with van der Waals surface area (Å²) in [5.74, 6) is -0.0464.